The topological polar surface area (TPSA) is 0 Å². The average Bonchev–Trinajstić information content (AvgIpc) is 2.45. The molecule has 0 spiro atoms. The van der Waals surface area contributed by atoms with Crippen molar-refractivity contribution in [3.8, 4) is 0 Å². The summed E-state index contributed by atoms with van der Waals surface area (Å²) in [6.07, 6.45) is 0. The first-order valence-electron chi connectivity index (χ1n) is 6.42. The molecule has 0 saturated heterocycles. The molecule has 0 aliphatic heterocycles. The van der Waals surface area contributed by atoms with Gasteiger partial charge < -0.3 is 0 Å². The van der Waals surface area contributed by atoms with Gasteiger partial charge in [0.15, 0.2) is 0 Å². The maximum absolute atomic E-state index is 2.78. The van der Waals surface area contributed by atoms with Gasteiger partial charge in [0.1, 0.15) is 0 Å². The fourth-order valence-corrected chi connectivity index (χ4v) is 3.02. The molecule has 0 heterocycles. The third-order valence-electron chi connectivity index (χ3n) is 3.73. The molecule has 4 aromatic rings. The van der Waals surface area contributed by atoms with Crippen LogP contribution in [0.25, 0.3) is 32.3 Å². The van der Waals surface area contributed by atoms with E-state index in [9.17, 15) is 0 Å². The van der Waals surface area contributed by atoms with E-state index in [1.54, 1.807) is 0 Å². The van der Waals surface area contributed by atoms with Gasteiger partial charge in [-0.05, 0) is 55.8 Å². The van der Waals surface area contributed by atoms with Crippen LogP contribution in [0, 0.1) is 0 Å². The average molecular weight is 341 g/mol. The van der Waals surface area contributed by atoms with E-state index in [2.05, 4.69) is 76.0 Å². The quantitative estimate of drug-likeness (QED) is 0.234. The van der Waals surface area contributed by atoms with Crippen molar-refractivity contribution in [2.75, 3.05) is 0 Å². The van der Waals surface area contributed by atoms with E-state index < -0.39 is 0 Å². The third kappa shape index (κ3) is 2.12. The monoisotopic (exact) mass is 340 g/mol. The van der Waals surface area contributed by atoms with Crippen LogP contribution in [0.4, 0.5) is 0 Å². The standard InChI is InChI=1S/C18H13P.BrH/c19-16-8-7-12-5-6-15-9-13-3-1-2-4-14(13)10-17(15)18(12)11-16;/h1-11H,19H2;1H. The molecular weight excluding hydrogens is 327 g/mol. The van der Waals surface area contributed by atoms with Crippen LogP contribution in [0.1, 0.15) is 0 Å². The predicted molar refractivity (Wildman–Crippen MR) is 98.6 cm³/mol. The van der Waals surface area contributed by atoms with Crippen LogP contribution in [0.15, 0.2) is 66.7 Å². The highest BCUT2D eigenvalue weighted by atomic mass is 79.9. The van der Waals surface area contributed by atoms with E-state index >= 15 is 0 Å². The van der Waals surface area contributed by atoms with Crippen LogP contribution in [0.3, 0.4) is 0 Å². The molecule has 0 nitrogen and oxygen atoms in total. The highest BCUT2D eigenvalue weighted by Gasteiger charge is 2.02. The van der Waals surface area contributed by atoms with Crippen LogP contribution in [0.2, 0.25) is 0 Å². The first kappa shape index (κ1) is 13.5. The Bertz CT molecular complexity index is 928. The Hall–Kier alpha value is -1.43. The molecule has 20 heavy (non-hydrogen) atoms. The maximum Gasteiger partial charge on any atom is -0.00988 e. The Kier molecular flexibility index (Phi) is 3.50. The van der Waals surface area contributed by atoms with E-state index in [1.165, 1.54) is 37.6 Å². The van der Waals surface area contributed by atoms with Gasteiger partial charge in [-0.1, -0.05) is 48.5 Å². The van der Waals surface area contributed by atoms with Crippen LogP contribution < -0.4 is 5.30 Å². The van der Waals surface area contributed by atoms with Crippen molar-refractivity contribution >= 4 is 63.8 Å². The molecule has 0 radical (unpaired) electrons. The smallest absolute Gasteiger partial charge is 0.00988 e. The second kappa shape index (κ2) is 5.16. The highest BCUT2D eigenvalue weighted by Crippen LogP contribution is 2.29. The lowest BCUT2D eigenvalue weighted by atomic mass is 9.98. The van der Waals surface area contributed by atoms with E-state index in [1.807, 2.05) is 0 Å². The molecule has 0 aliphatic rings. The van der Waals surface area contributed by atoms with E-state index in [4.69, 9.17) is 0 Å². The molecule has 0 bridgehead atoms. The molecule has 1 unspecified atom stereocenters. The Morgan fingerprint density at radius 2 is 1.15 bits per heavy atom. The van der Waals surface area contributed by atoms with Crippen molar-refractivity contribution in [2.24, 2.45) is 0 Å². The minimum absolute atomic E-state index is 0. The first-order valence-corrected chi connectivity index (χ1v) is 7.00. The summed E-state index contributed by atoms with van der Waals surface area (Å²) in [7, 11) is 2.78. The first-order chi connectivity index (χ1) is 9.31. The summed E-state index contributed by atoms with van der Waals surface area (Å²) in [6.45, 7) is 0. The van der Waals surface area contributed by atoms with Gasteiger partial charge in [-0.25, -0.2) is 0 Å². The molecule has 0 fully saturated rings. The van der Waals surface area contributed by atoms with E-state index in [0.29, 0.717) is 0 Å². The fourth-order valence-electron chi connectivity index (χ4n) is 2.76. The van der Waals surface area contributed by atoms with Crippen LogP contribution in [0.5, 0.6) is 0 Å². The SMILES string of the molecule is Br.Pc1ccc2ccc3cc4ccccc4cc3c2c1. The number of benzene rings is 4. The van der Waals surface area contributed by atoms with Gasteiger partial charge in [0.2, 0.25) is 0 Å². The molecule has 0 aliphatic carbocycles. The van der Waals surface area contributed by atoms with E-state index in [-0.39, 0.29) is 17.0 Å². The van der Waals surface area contributed by atoms with Crippen molar-refractivity contribution in [1.29, 1.82) is 0 Å². The van der Waals surface area contributed by atoms with Crippen molar-refractivity contribution in [3.63, 3.8) is 0 Å². The summed E-state index contributed by atoms with van der Waals surface area (Å²) < 4.78 is 0. The van der Waals surface area contributed by atoms with Gasteiger partial charge in [-0.2, -0.15) is 0 Å². The van der Waals surface area contributed by atoms with Gasteiger partial charge in [0.25, 0.3) is 0 Å². The number of rotatable bonds is 0. The second-order valence-corrected chi connectivity index (χ2v) is 5.63. The molecule has 0 aromatic heterocycles. The Balaban J connectivity index is 0.00000121. The van der Waals surface area contributed by atoms with Crippen molar-refractivity contribution in [2.45, 2.75) is 0 Å². The van der Waals surface area contributed by atoms with Crippen molar-refractivity contribution in [3.05, 3.63) is 66.7 Å². The number of hydrogen-bond donors (Lipinski definition) is 0. The molecular formula is C18H14BrP. The number of hydrogen-bond acceptors (Lipinski definition) is 0. The molecule has 1 atom stereocenters. The largest absolute Gasteiger partial charge is 0.114 e. The summed E-state index contributed by atoms with van der Waals surface area (Å²) in [5, 5.41) is 9.10. The third-order valence-corrected chi connectivity index (χ3v) is 4.09. The molecule has 98 valence electrons. The zero-order valence-electron chi connectivity index (χ0n) is 10.8. The van der Waals surface area contributed by atoms with Gasteiger partial charge in [0, 0.05) is 0 Å². The van der Waals surface area contributed by atoms with Crippen LogP contribution in [-0.2, 0) is 0 Å². The van der Waals surface area contributed by atoms with Gasteiger partial charge in [-0.15, -0.1) is 26.2 Å². The number of fused-ring (bicyclic) bond motifs is 4. The summed E-state index contributed by atoms with van der Waals surface area (Å²) in [6, 6.07) is 24.1. The predicted octanol–water partition coefficient (Wildman–Crippen LogP) is 5.22. The lowest BCUT2D eigenvalue weighted by Crippen LogP contribution is -1.89. The lowest BCUT2D eigenvalue weighted by molar-refractivity contribution is 1.79. The summed E-state index contributed by atoms with van der Waals surface area (Å²) in [5.74, 6) is 0. The minimum atomic E-state index is 0. The maximum atomic E-state index is 2.78. The molecule has 0 saturated carbocycles. The molecule has 4 aromatic carbocycles. The van der Waals surface area contributed by atoms with E-state index in [0.717, 1.165) is 0 Å². The molecule has 0 amide bonds. The van der Waals surface area contributed by atoms with Crippen LogP contribution >= 0.6 is 26.2 Å². The Labute approximate surface area is 130 Å². The zero-order valence-corrected chi connectivity index (χ0v) is 13.7. The second-order valence-electron chi connectivity index (χ2n) is 4.97. The Morgan fingerprint density at radius 3 is 1.95 bits per heavy atom. The van der Waals surface area contributed by atoms with Crippen molar-refractivity contribution in [1.82, 2.24) is 0 Å². The summed E-state index contributed by atoms with van der Waals surface area (Å²) in [5.41, 5.74) is 0. The minimum Gasteiger partial charge on any atom is -0.114 e. The number of halogens is 1. The van der Waals surface area contributed by atoms with Gasteiger partial charge in [0.05, 0.1) is 0 Å². The highest BCUT2D eigenvalue weighted by molar-refractivity contribution is 8.93. The summed E-state index contributed by atoms with van der Waals surface area (Å²) >= 11 is 0. The fraction of sp³-hybridized carbons (Fsp3) is 0. The summed E-state index contributed by atoms with van der Waals surface area (Å²) in [4.78, 5) is 0. The zero-order chi connectivity index (χ0) is 12.8. The van der Waals surface area contributed by atoms with Crippen molar-refractivity contribution < 1.29 is 0 Å². The lowest BCUT2D eigenvalue weighted by Gasteiger charge is -2.07. The Morgan fingerprint density at radius 1 is 0.550 bits per heavy atom. The van der Waals surface area contributed by atoms with Gasteiger partial charge in [-0.3, -0.25) is 0 Å². The van der Waals surface area contributed by atoms with Crippen LogP contribution in [-0.4, -0.2) is 0 Å². The normalized spacial score (nSPS) is 10.8. The molecule has 0 N–H and O–H groups in total. The molecule has 4 rings (SSSR count). The van der Waals surface area contributed by atoms with Gasteiger partial charge >= 0.3 is 0 Å². The molecule has 2 heteroatoms.